The van der Waals surface area contributed by atoms with Gasteiger partial charge in [-0.05, 0) is 33.6 Å². The molecule has 0 atom stereocenters. The average Bonchev–Trinajstić information content (AvgIpc) is 2.39. The van der Waals surface area contributed by atoms with E-state index in [1.807, 2.05) is 0 Å². The zero-order valence-electron chi connectivity index (χ0n) is 10.2. The number of benzene rings is 2. The van der Waals surface area contributed by atoms with E-state index in [0.29, 0.717) is 5.69 Å². The van der Waals surface area contributed by atoms with E-state index < -0.39 is 10.7 Å². The second-order valence-electron chi connectivity index (χ2n) is 4.02. The van der Waals surface area contributed by atoms with Gasteiger partial charge in [0, 0.05) is 17.8 Å². The van der Waals surface area contributed by atoms with Gasteiger partial charge in [0.1, 0.15) is 12.4 Å². The second-order valence-corrected chi connectivity index (χ2v) is 4.88. The molecule has 0 amide bonds. The molecule has 0 unspecified atom stereocenters. The molecular weight excluding hydrogens is 331 g/mol. The van der Waals surface area contributed by atoms with Gasteiger partial charge in [0.25, 0.3) is 0 Å². The molecule has 7 heteroatoms. The molecule has 2 rings (SSSR count). The molecule has 0 saturated carbocycles. The fourth-order valence-corrected chi connectivity index (χ4v) is 1.95. The monoisotopic (exact) mass is 340 g/mol. The average molecular weight is 341 g/mol. The van der Waals surface area contributed by atoms with Crippen molar-refractivity contribution in [2.45, 2.75) is 6.61 Å². The molecule has 0 aromatic heterocycles. The summed E-state index contributed by atoms with van der Waals surface area (Å²) in [4.78, 5) is 10.3. The van der Waals surface area contributed by atoms with Crippen LogP contribution < -0.4 is 10.5 Å². The van der Waals surface area contributed by atoms with Crippen LogP contribution in [0.1, 0.15) is 5.56 Å². The molecule has 2 N–H and O–H groups in total. The van der Waals surface area contributed by atoms with Gasteiger partial charge in [0.2, 0.25) is 0 Å². The van der Waals surface area contributed by atoms with Gasteiger partial charge in [-0.25, -0.2) is 4.39 Å². The van der Waals surface area contributed by atoms with E-state index in [1.54, 1.807) is 24.3 Å². The number of rotatable bonds is 4. The van der Waals surface area contributed by atoms with E-state index in [0.717, 1.165) is 17.7 Å². The quantitative estimate of drug-likeness (QED) is 0.523. The van der Waals surface area contributed by atoms with Crippen LogP contribution in [0.5, 0.6) is 5.75 Å². The summed E-state index contributed by atoms with van der Waals surface area (Å²) < 4.78 is 18.8. The van der Waals surface area contributed by atoms with Crippen LogP contribution in [0.15, 0.2) is 40.9 Å². The lowest BCUT2D eigenvalue weighted by Gasteiger charge is -2.08. The normalized spacial score (nSPS) is 10.3. The molecule has 5 nitrogen and oxygen atoms in total. The number of nitrogens with two attached hydrogens (primary N) is 1. The number of nitrogens with zero attached hydrogens (tertiary/aromatic N) is 1. The van der Waals surface area contributed by atoms with Crippen molar-refractivity contribution in [2.24, 2.45) is 0 Å². The molecule has 0 bridgehead atoms. The van der Waals surface area contributed by atoms with Crippen LogP contribution >= 0.6 is 15.9 Å². The number of hydrogen-bond donors (Lipinski definition) is 1. The highest BCUT2D eigenvalue weighted by Gasteiger charge is 2.19. The predicted molar refractivity (Wildman–Crippen MR) is 75.9 cm³/mol. The Bertz CT molecular complexity index is 664. The minimum absolute atomic E-state index is 0.0144. The Morgan fingerprint density at radius 1 is 1.35 bits per heavy atom. The van der Waals surface area contributed by atoms with E-state index in [4.69, 9.17) is 10.5 Å². The summed E-state index contributed by atoms with van der Waals surface area (Å²) in [7, 11) is 0. The molecule has 0 saturated heterocycles. The van der Waals surface area contributed by atoms with Gasteiger partial charge in [0.15, 0.2) is 5.75 Å². The number of hydrogen-bond acceptors (Lipinski definition) is 4. The second kappa shape index (κ2) is 5.87. The van der Waals surface area contributed by atoms with Gasteiger partial charge >= 0.3 is 5.69 Å². The summed E-state index contributed by atoms with van der Waals surface area (Å²) in [5.41, 5.74) is 6.61. The van der Waals surface area contributed by atoms with Gasteiger partial charge in [0.05, 0.1) is 9.40 Å². The maximum absolute atomic E-state index is 13.4. The van der Waals surface area contributed by atoms with E-state index in [2.05, 4.69) is 15.9 Å². The summed E-state index contributed by atoms with van der Waals surface area (Å²) in [5.74, 6) is -0.753. The summed E-state index contributed by atoms with van der Waals surface area (Å²) >= 11 is 2.90. The van der Waals surface area contributed by atoms with E-state index in [9.17, 15) is 14.5 Å². The van der Waals surface area contributed by atoms with Gasteiger partial charge in [-0.1, -0.05) is 12.1 Å². The number of nitrogen functional groups attached to an aromatic ring is 1. The Balaban J connectivity index is 2.24. The van der Waals surface area contributed by atoms with Crippen LogP contribution in [0.2, 0.25) is 0 Å². The number of nitro groups is 1. The molecule has 20 heavy (non-hydrogen) atoms. The first-order valence-electron chi connectivity index (χ1n) is 5.58. The number of anilines is 1. The summed E-state index contributed by atoms with van der Waals surface area (Å²) in [6.45, 7) is 0.0625. The summed E-state index contributed by atoms with van der Waals surface area (Å²) in [6, 6.07) is 8.95. The van der Waals surface area contributed by atoms with Crippen LogP contribution in [0, 0.1) is 15.9 Å². The Labute approximate surface area is 122 Å². The minimum Gasteiger partial charge on any atom is -0.482 e. The van der Waals surface area contributed by atoms with Crippen molar-refractivity contribution in [3.8, 4) is 5.75 Å². The van der Waals surface area contributed by atoms with Crippen LogP contribution in [0.25, 0.3) is 0 Å². The smallest absolute Gasteiger partial charge is 0.312 e. The first-order valence-corrected chi connectivity index (χ1v) is 6.37. The molecule has 2 aromatic carbocycles. The molecule has 0 heterocycles. The van der Waals surface area contributed by atoms with Crippen molar-refractivity contribution in [2.75, 3.05) is 5.73 Å². The van der Waals surface area contributed by atoms with E-state index in [-0.39, 0.29) is 22.5 Å². The Kier molecular flexibility index (Phi) is 4.19. The zero-order valence-corrected chi connectivity index (χ0v) is 11.8. The largest absolute Gasteiger partial charge is 0.482 e. The molecule has 0 aliphatic carbocycles. The topological polar surface area (TPSA) is 78.4 Å². The lowest BCUT2D eigenvalue weighted by atomic mass is 10.2. The van der Waals surface area contributed by atoms with Crippen molar-refractivity contribution < 1.29 is 14.1 Å². The highest BCUT2D eigenvalue weighted by molar-refractivity contribution is 9.10. The highest BCUT2D eigenvalue weighted by Crippen LogP contribution is 2.33. The number of ether oxygens (including phenoxy) is 1. The van der Waals surface area contributed by atoms with Gasteiger partial charge < -0.3 is 10.5 Å². The number of nitro benzene ring substituents is 1. The lowest BCUT2D eigenvalue weighted by molar-refractivity contribution is -0.386. The number of halogens is 2. The fraction of sp³-hybridized carbons (Fsp3) is 0.0769. The molecule has 0 radical (unpaired) electrons. The standard InChI is InChI=1S/C13H10BrFN2O3/c14-10-5-12(17(18)19)13(6-11(10)15)20-7-8-2-1-3-9(16)4-8/h1-6H,7,16H2. The van der Waals surface area contributed by atoms with Gasteiger partial charge in [-0.3, -0.25) is 10.1 Å². The molecular formula is C13H10BrFN2O3. The van der Waals surface area contributed by atoms with Crippen molar-refractivity contribution in [3.05, 3.63) is 62.4 Å². The van der Waals surface area contributed by atoms with Crippen molar-refractivity contribution in [1.29, 1.82) is 0 Å². The van der Waals surface area contributed by atoms with Crippen molar-refractivity contribution in [3.63, 3.8) is 0 Å². The lowest BCUT2D eigenvalue weighted by Crippen LogP contribution is -2.00. The van der Waals surface area contributed by atoms with Crippen molar-refractivity contribution in [1.82, 2.24) is 0 Å². The van der Waals surface area contributed by atoms with Crippen molar-refractivity contribution >= 4 is 27.3 Å². The van der Waals surface area contributed by atoms with E-state index >= 15 is 0 Å². The summed E-state index contributed by atoms with van der Waals surface area (Å²) in [6.07, 6.45) is 0. The maximum Gasteiger partial charge on any atom is 0.312 e. The fourth-order valence-electron chi connectivity index (χ4n) is 1.62. The Morgan fingerprint density at radius 3 is 2.75 bits per heavy atom. The molecule has 2 aromatic rings. The molecule has 0 aliphatic heterocycles. The SMILES string of the molecule is Nc1cccc(COc2cc(F)c(Br)cc2[N+](=O)[O-])c1. The first-order chi connectivity index (χ1) is 9.47. The van der Waals surface area contributed by atoms with Gasteiger partial charge in [-0.2, -0.15) is 0 Å². The van der Waals surface area contributed by atoms with Crippen LogP contribution in [-0.4, -0.2) is 4.92 Å². The Hall–Kier alpha value is -2.15. The van der Waals surface area contributed by atoms with Crippen LogP contribution in [-0.2, 0) is 6.61 Å². The third-order valence-electron chi connectivity index (χ3n) is 2.54. The maximum atomic E-state index is 13.4. The molecule has 0 aliphatic rings. The van der Waals surface area contributed by atoms with Gasteiger partial charge in [-0.15, -0.1) is 0 Å². The minimum atomic E-state index is -0.627. The Morgan fingerprint density at radius 2 is 2.10 bits per heavy atom. The highest BCUT2D eigenvalue weighted by atomic mass is 79.9. The van der Waals surface area contributed by atoms with Crippen LogP contribution in [0.4, 0.5) is 15.8 Å². The summed E-state index contributed by atoms with van der Waals surface area (Å²) in [5, 5.41) is 10.9. The van der Waals surface area contributed by atoms with E-state index in [1.165, 1.54) is 0 Å². The molecule has 0 fully saturated rings. The zero-order chi connectivity index (χ0) is 14.7. The third-order valence-corrected chi connectivity index (χ3v) is 3.15. The molecule has 0 spiro atoms. The van der Waals surface area contributed by atoms with Crippen LogP contribution in [0.3, 0.4) is 0 Å². The molecule has 104 valence electrons. The predicted octanol–water partition coefficient (Wildman–Crippen LogP) is 3.66. The first kappa shape index (κ1) is 14.3. The third kappa shape index (κ3) is 3.24.